The van der Waals surface area contributed by atoms with Crippen molar-refractivity contribution in [1.29, 1.82) is 5.41 Å². The van der Waals surface area contributed by atoms with Crippen molar-refractivity contribution in [3.05, 3.63) is 64.2 Å². The Kier molecular flexibility index (Phi) is 6.79. The lowest BCUT2D eigenvalue weighted by Gasteiger charge is -2.20. The molecule has 13 heteroatoms. The molecule has 180 valence electrons. The number of aliphatic imine (C=N–C) groups is 1. The Hall–Kier alpha value is -3.48. The lowest BCUT2D eigenvalue weighted by atomic mass is 10.1. The molecule has 1 amide bonds. The first-order chi connectivity index (χ1) is 16.6. The van der Waals surface area contributed by atoms with Crippen LogP contribution in [0.3, 0.4) is 0 Å². The van der Waals surface area contributed by atoms with Crippen molar-refractivity contribution >= 4 is 66.5 Å². The van der Waals surface area contributed by atoms with Crippen LogP contribution < -0.4 is 9.47 Å². The number of methoxy groups -OCH3 is 1. The zero-order chi connectivity index (χ0) is 25.3. The van der Waals surface area contributed by atoms with Crippen molar-refractivity contribution in [2.24, 2.45) is 10.1 Å². The normalized spacial score (nSPS) is 16.7. The van der Waals surface area contributed by atoms with Gasteiger partial charge in [-0.05, 0) is 47.7 Å². The summed E-state index contributed by atoms with van der Waals surface area (Å²) in [6, 6.07) is 11.2. The summed E-state index contributed by atoms with van der Waals surface area (Å²) in [5.74, 6) is -1.78. The van der Waals surface area contributed by atoms with Crippen LogP contribution in [0.4, 0.5) is 0 Å². The number of benzene rings is 2. The van der Waals surface area contributed by atoms with Crippen molar-refractivity contribution in [3.63, 3.8) is 0 Å². The molecule has 1 N–H and O–H groups in total. The number of carbonyl (C=O) groups is 2. The fourth-order valence-electron chi connectivity index (χ4n) is 3.04. The van der Waals surface area contributed by atoms with E-state index in [1.165, 1.54) is 32.2 Å². The molecular formula is C22H17ClN4O6S2. The number of hydrogen-bond donors (Lipinski definition) is 1. The first-order valence-electron chi connectivity index (χ1n) is 10.0. The second-order valence-corrected chi connectivity index (χ2v) is 10.9. The third-order valence-electron chi connectivity index (χ3n) is 4.85. The number of nitrogens with zero attached hydrogens (tertiary/aromatic N) is 3. The highest BCUT2D eigenvalue weighted by atomic mass is 35.5. The molecule has 2 aromatic rings. The number of thioether (sulfide) groups is 1. The predicted octanol–water partition coefficient (Wildman–Crippen LogP) is 3.58. The van der Waals surface area contributed by atoms with Gasteiger partial charge >= 0.3 is 5.97 Å². The van der Waals surface area contributed by atoms with Gasteiger partial charge in [-0.1, -0.05) is 36.7 Å². The quantitative estimate of drug-likeness (QED) is 0.350. The third kappa shape index (κ3) is 4.85. The molecule has 0 aliphatic carbocycles. The number of amidine groups is 2. The van der Waals surface area contributed by atoms with Crippen molar-refractivity contribution in [2.75, 3.05) is 12.9 Å². The largest absolute Gasteiger partial charge is 0.493 e. The number of ether oxygens (including phenoxy) is 2. The second kappa shape index (κ2) is 9.64. The lowest BCUT2D eigenvalue weighted by molar-refractivity contribution is -0.114. The maximum absolute atomic E-state index is 12.6. The van der Waals surface area contributed by atoms with Crippen LogP contribution in [0.2, 0.25) is 5.02 Å². The maximum atomic E-state index is 12.6. The summed E-state index contributed by atoms with van der Waals surface area (Å²) in [7, 11) is -2.28. The smallest absolute Gasteiger partial charge is 0.343 e. The number of fused-ring (bicyclic) bond motifs is 1. The molecule has 2 aliphatic heterocycles. The number of hydrogen-bond acceptors (Lipinski definition) is 9. The Morgan fingerprint density at radius 3 is 2.63 bits per heavy atom. The van der Waals surface area contributed by atoms with Crippen LogP contribution in [-0.2, 0) is 14.6 Å². The Morgan fingerprint density at radius 2 is 1.97 bits per heavy atom. The highest BCUT2D eigenvalue weighted by Gasteiger charge is 2.39. The fourth-order valence-corrected chi connectivity index (χ4v) is 5.46. The van der Waals surface area contributed by atoms with Crippen molar-refractivity contribution < 1.29 is 27.5 Å². The zero-order valence-electron chi connectivity index (χ0n) is 18.3. The second-order valence-electron chi connectivity index (χ2n) is 7.08. The molecule has 4 rings (SSSR count). The molecule has 0 atom stereocenters. The Morgan fingerprint density at radius 1 is 1.26 bits per heavy atom. The number of nitrogens with one attached hydrogen (secondary N) is 1. The van der Waals surface area contributed by atoms with E-state index in [0.29, 0.717) is 22.9 Å². The van der Waals surface area contributed by atoms with E-state index < -0.39 is 21.7 Å². The summed E-state index contributed by atoms with van der Waals surface area (Å²) in [6.07, 6.45) is 1.34. The van der Waals surface area contributed by atoms with Gasteiger partial charge in [-0.15, -0.1) is 5.10 Å². The van der Waals surface area contributed by atoms with E-state index in [9.17, 15) is 18.0 Å². The molecule has 0 bridgehead atoms. The first kappa shape index (κ1) is 24.6. The Balaban J connectivity index is 1.66. The number of rotatable bonds is 5. The van der Waals surface area contributed by atoms with Crippen molar-refractivity contribution in [2.45, 2.75) is 6.92 Å². The van der Waals surface area contributed by atoms with Crippen molar-refractivity contribution in [1.82, 2.24) is 5.01 Å². The third-order valence-corrected chi connectivity index (χ3v) is 8.22. The molecule has 2 aliphatic rings. The average Bonchev–Trinajstić information content (AvgIpc) is 3.28. The zero-order valence-corrected chi connectivity index (χ0v) is 20.7. The summed E-state index contributed by atoms with van der Waals surface area (Å²) in [5.41, 5.74) is 0.538. The minimum absolute atomic E-state index is 0.00881. The lowest BCUT2D eigenvalue weighted by Crippen LogP contribution is -2.35. The predicted molar refractivity (Wildman–Crippen MR) is 134 cm³/mol. The van der Waals surface area contributed by atoms with Crippen LogP contribution in [-0.4, -0.2) is 53.5 Å². The molecule has 0 spiro atoms. The number of amides is 1. The van der Waals surface area contributed by atoms with E-state index in [1.807, 2.05) is 0 Å². The number of hydrazone groups is 1. The van der Waals surface area contributed by atoms with Crippen molar-refractivity contribution in [3.8, 4) is 11.5 Å². The van der Waals surface area contributed by atoms with E-state index in [-0.39, 0.29) is 43.2 Å². The monoisotopic (exact) mass is 532 g/mol. The molecule has 0 aromatic heterocycles. The van der Waals surface area contributed by atoms with Gasteiger partial charge in [0.15, 0.2) is 17.3 Å². The van der Waals surface area contributed by atoms with Crippen LogP contribution in [0.15, 0.2) is 58.1 Å². The molecule has 0 saturated carbocycles. The van der Waals surface area contributed by atoms with Gasteiger partial charge in [0.1, 0.15) is 0 Å². The van der Waals surface area contributed by atoms with E-state index in [2.05, 4.69) is 10.1 Å². The van der Waals surface area contributed by atoms with Crippen LogP contribution in [0.25, 0.3) is 6.08 Å². The Bertz CT molecular complexity index is 1450. The molecule has 0 unspecified atom stereocenters. The molecule has 0 radical (unpaired) electrons. The van der Waals surface area contributed by atoms with E-state index in [1.54, 1.807) is 30.3 Å². The average molecular weight is 533 g/mol. The molecule has 10 nitrogen and oxygen atoms in total. The Labute approximate surface area is 209 Å². The molecule has 35 heavy (non-hydrogen) atoms. The summed E-state index contributed by atoms with van der Waals surface area (Å²) < 4.78 is 34.8. The number of esters is 1. The number of halogens is 1. The van der Waals surface area contributed by atoms with Crippen LogP contribution in [0.5, 0.6) is 11.5 Å². The molecule has 0 fully saturated rings. The summed E-state index contributed by atoms with van der Waals surface area (Å²) >= 11 is 7.07. The van der Waals surface area contributed by atoms with E-state index in [0.717, 1.165) is 5.01 Å². The SMILES string of the molecule is CCS(=O)(=O)C1=NN2C(=N)/C(=C/c3cc(Cl)c(OC(=O)c4ccccc4)c(OC)c3)C(=O)N=C2S1. The number of carbonyl (C=O) groups excluding carboxylic acids is 2. The summed E-state index contributed by atoms with van der Waals surface area (Å²) in [4.78, 5) is 28.9. The van der Waals surface area contributed by atoms with Gasteiger partial charge in [0, 0.05) is 0 Å². The topological polar surface area (TPSA) is 139 Å². The molecule has 2 heterocycles. The standard InChI is InChI=1S/C22H17ClN4O6S2/c1-3-35(30,31)22-26-27-18(24)14(19(28)25-21(27)34-22)9-12-10-15(23)17(16(11-12)32-2)33-20(29)13-7-5-4-6-8-13/h4-11,24H,3H2,1-2H3/b14-9-,24-18?. The molecule has 0 saturated heterocycles. The summed E-state index contributed by atoms with van der Waals surface area (Å²) in [6.45, 7) is 1.47. The van der Waals surface area contributed by atoms with Gasteiger partial charge in [-0.2, -0.15) is 10.0 Å². The van der Waals surface area contributed by atoms with Gasteiger partial charge in [0.25, 0.3) is 5.91 Å². The summed E-state index contributed by atoms with van der Waals surface area (Å²) in [5, 5.41) is 13.4. The van der Waals surface area contributed by atoms with E-state index in [4.69, 9.17) is 26.5 Å². The van der Waals surface area contributed by atoms with Gasteiger partial charge in [-0.25, -0.2) is 13.2 Å². The maximum Gasteiger partial charge on any atom is 0.343 e. The highest BCUT2D eigenvalue weighted by molar-refractivity contribution is 8.42. The van der Waals surface area contributed by atoms with Gasteiger partial charge in [0.05, 0.1) is 29.0 Å². The molecule has 2 aromatic carbocycles. The highest BCUT2D eigenvalue weighted by Crippen LogP contribution is 2.38. The van der Waals surface area contributed by atoms with Crippen LogP contribution in [0.1, 0.15) is 22.8 Å². The van der Waals surface area contributed by atoms with Crippen LogP contribution >= 0.6 is 23.4 Å². The van der Waals surface area contributed by atoms with Crippen LogP contribution in [0, 0.1) is 5.41 Å². The number of sulfone groups is 1. The minimum atomic E-state index is -3.64. The first-order valence-corrected chi connectivity index (χ1v) is 12.9. The van der Waals surface area contributed by atoms with Gasteiger partial charge in [-0.3, -0.25) is 10.2 Å². The minimum Gasteiger partial charge on any atom is -0.493 e. The van der Waals surface area contributed by atoms with E-state index >= 15 is 0 Å². The fraction of sp³-hybridized carbons (Fsp3) is 0.136. The molecular weight excluding hydrogens is 516 g/mol. The van der Waals surface area contributed by atoms with Gasteiger partial charge < -0.3 is 9.47 Å². The van der Waals surface area contributed by atoms with Gasteiger partial charge in [0.2, 0.25) is 19.4 Å².